The van der Waals surface area contributed by atoms with Crippen LogP contribution < -0.4 is 15.0 Å². The van der Waals surface area contributed by atoms with Crippen molar-refractivity contribution in [2.45, 2.75) is 45.5 Å². The first-order chi connectivity index (χ1) is 20.9. The SMILES string of the molecule is CNc1ccc(-n2c([C@@H]3CCCC(=O)N3c3ccc(F)c(F)c3)nc3cc(-c4c(C)noc4C)ccc32)cc1OC(F)(F)F. The highest BCUT2D eigenvalue weighted by Gasteiger charge is 2.36. The van der Waals surface area contributed by atoms with Gasteiger partial charge in [-0.2, -0.15) is 0 Å². The molecular weight excluding hydrogens is 585 g/mol. The molecule has 1 atom stereocenters. The number of aromatic nitrogens is 3. The van der Waals surface area contributed by atoms with Gasteiger partial charge in [-0.05, 0) is 68.7 Å². The zero-order valence-corrected chi connectivity index (χ0v) is 23.8. The largest absolute Gasteiger partial charge is 0.573 e. The summed E-state index contributed by atoms with van der Waals surface area (Å²) in [5.41, 5.74) is 3.75. The lowest BCUT2D eigenvalue weighted by Crippen LogP contribution is -2.39. The number of imidazole rings is 1. The molecule has 3 heterocycles. The van der Waals surface area contributed by atoms with E-state index >= 15 is 0 Å². The van der Waals surface area contributed by atoms with Gasteiger partial charge in [0.2, 0.25) is 5.91 Å². The first kappa shape index (κ1) is 29.1. The van der Waals surface area contributed by atoms with Crippen LogP contribution in [0.15, 0.2) is 59.1 Å². The van der Waals surface area contributed by atoms with Crippen molar-refractivity contribution >= 4 is 28.3 Å². The number of amides is 1. The Morgan fingerprint density at radius 2 is 1.77 bits per heavy atom. The van der Waals surface area contributed by atoms with E-state index < -0.39 is 29.8 Å². The Morgan fingerprint density at radius 3 is 2.45 bits per heavy atom. The average Bonchev–Trinajstić information content (AvgIpc) is 3.52. The highest BCUT2D eigenvalue weighted by Crippen LogP contribution is 2.41. The number of carbonyl (C=O) groups excluding carboxylic acids is 1. The molecule has 6 rings (SSSR count). The predicted molar refractivity (Wildman–Crippen MR) is 153 cm³/mol. The molecule has 0 spiro atoms. The number of hydrogen-bond acceptors (Lipinski definition) is 6. The molecule has 8 nitrogen and oxygen atoms in total. The van der Waals surface area contributed by atoms with Gasteiger partial charge >= 0.3 is 6.36 Å². The summed E-state index contributed by atoms with van der Waals surface area (Å²) in [6, 6.07) is 12.1. The number of fused-ring (bicyclic) bond motifs is 1. The van der Waals surface area contributed by atoms with E-state index in [-0.39, 0.29) is 29.4 Å². The summed E-state index contributed by atoms with van der Waals surface area (Å²) in [6.07, 6.45) is -3.89. The highest BCUT2D eigenvalue weighted by molar-refractivity contribution is 5.95. The Labute approximate surface area is 248 Å². The summed E-state index contributed by atoms with van der Waals surface area (Å²) in [5, 5.41) is 6.72. The van der Waals surface area contributed by atoms with Crippen LogP contribution in [0.1, 0.15) is 42.6 Å². The number of alkyl halides is 3. The number of nitrogens with zero attached hydrogens (tertiary/aromatic N) is 4. The van der Waals surface area contributed by atoms with Crippen molar-refractivity contribution in [3.63, 3.8) is 0 Å². The van der Waals surface area contributed by atoms with Crippen LogP contribution >= 0.6 is 0 Å². The van der Waals surface area contributed by atoms with E-state index in [1.165, 1.54) is 30.1 Å². The molecule has 1 N–H and O–H groups in total. The maximum absolute atomic E-state index is 14.3. The normalized spacial score (nSPS) is 15.7. The summed E-state index contributed by atoms with van der Waals surface area (Å²) in [6.45, 7) is 3.58. The second-order valence-electron chi connectivity index (χ2n) is 10.5. The number of nitrogens with one attached hydrogen (secondary N) is 1. The highest BCUT2D eigenvalue weighted by atomic mass is 19.4. The first-order valence-corrected chi connectivity index (χ1v) is 13.8. The van der Waals surface area contributed by atoms with Crippen LogP contribution in [0.4, 0.5) is 33.3 Å². The Hall–Kier alpha value is -4.94. The third-order valence-corrected chi connectivity index (χ3v) is 7.65. The minimum Gasteiger partial charge on any atom is -0.403 e. The maximum Gasteiger partial charge on any atom is 0.573 e. The van der Waals surface area contributed by atoms with Gasteiger partial charge in [0.25, 0.3) is 0 Å². The van der Waals surface area contributed by atoms with E-state index in [1.54, 1.807) is 30.5 Å². The third-order valence-electron chi connectivity index (χ3n) is 7.65. The van der Waals surface area contributed by atoms with Gasteiger partial charge in [0.15, 0.2) is 17.4 Å². The van der Waals surface area contributed by atoms with Gasteiger partial charge in [0.05, 0.1) is 34.1 Å². The van der Waals surface area contributed by atoms with Crippen molar-refractivity contribution in [1.82, 2.24) is 14.7 Å². The molecule has 0 unspecified atom stereocenters. The molecule has 44 heavy (non-hydrogen) atoms. The molecule has 1 aliphatic heterocycles. The number of ether oxygens (including phenoxy) is 1. The van der Waals surface area contributed by atoms with E-state index in [2.05, 4.69) is 15.2 Å². The fourth-order valence-corrected chi connectivity index (χ4v) is 5.78. The standard InChI is InChI=1S/C31H26F5N5O3/c1-16-29(17(2)44-39-16)18-7-12-25-24(13-18)38-30(41(25)20-9-11-23(37-3)27(15-20)43-31(34,35)36)26-5-4-6-28(42)40(26)19-8-10-21(32)22(33)14-19/h7-15,26,37H,4-6H2,1-3H3/t26-/m0/s1. The molecule has 228 valence electrons. The van der Waals surface area contributed by atoms with Gasteiger partial charge < -0.3 is 19.5 Å². The molecule has 0 radical (unpaired) electrons. The minimum absolute atomic E-state index is 0.106. The molecule has 2 aromatic heterocycles. The number of halogens is 5. The quantitative estimate of drug-likeness (QED) is 0.198. The lowest BCUT2D eigenvalue weighted by molar-refractivity contribution is -0.274. The van der Waals surface area contributed by atoms with Crippen LogP contribution in [0.2, 0.25) is 0 Å². The maximum atomic E-state index is 14.3. The Morgan fingerprint density at radius 1 is 1.00 bits per heavy atom. The number of carbonyl (C=O) groups is 1. The lowest BCUT2D eigenvalue weighted by atomic mass is 9.99. The number of piperidine rings is 1. The van der Waals surface area contributed by atoms with Gasteiger partial charge in [-0.15, -0.1) is 13.2 Å². The van der Waals surface area contributed by atoms with Crippen molar-refractivity contribution in [2.75, 3.05) is 17.3 Å². The molecule has 0 aliphatic carbocycles. The molecule has 1 fully saturated rings. The monoisotopic (exact) mass is 611 g/mol. The average molecular weight is 612 g/mol. The summed E-state index contributed by atoms with van der Waals surface area (Å²) in [5.74, 6) is -2.04. The predicted octanol–water partition coefficient (Wildman–Crippen LogP) is 7.77. The van der Waals surface area contributed by atoms with Crippen molar-refractivity contribution in [3.05, 3.63) is 83.5 Å². The minimum atomic E-state index is -4.95. The second-order valence-corrected chi connectivity index (χ2v) is 10.5. The number of anilines is 2. The molecule has 1 aliphatic rings. The van der Waals surface area contributed by atoms with E-state index in [0.29, 0.717) is 41.2 Å². The number of aryl methyl sites for hydroxylation is 2. The van der Waals surface area contributed by atoms with E-state index in [4.69, 9.17) is 9.51 Å². The molecule has 0 bridgehead atoms. The first-order valence-electron chi connectivity index (χ1n) is 13.8. The van der Waals surface area contributed by atoms with Crippen LogP contribution in [0.5, 0.6) is 5.75 Å². The third kappa shape index (κ3) is 5.22. The van der Waals surface area contributed by atoms with Crippen LogP contribution in [0.3, 0.4) is 0 Å². The van der Waals surface area contributed by atoms with Gasteiger partial charge in [-0.25, -0.2) is 13.8 Å². The van der Waals surface area contributed by atoms with Crippen molar-refractivity contribution in [1.29, 1.82) is 0 Å². The fraction of sp³-hybridized carbons (Fsp3) is 0.258. The number of benzene rings is 3. The second kappa shape index (κ2) is 11.0. The summed E-state index contributed by atoms with van der Waals surface area (Å²) in [7, 11) is 1.47. The zero-order valence-electron chi connectivity index (χ0n) is 23.8. The summed E-state index contributed by atoms with van der Waals surface area (Å²) in [4.78, 5) is 19.6. The number of rotatable bonds is 6. The van der Waals surface area contributed by atoms with E-state index in [1.807, 2.05) is 12.1 Å². The molecule has 13 heteroatoms. The molecule has 5 aromatic rings. The van der Waals surface area contributed by atoms with Gasteiger partial charge in [0, 0.05) is 36.9 Å². The van der Waals surface area contributed by atoms with Crippen LogP contribution in [-0.4, -0.2) is 34.0 Å². The van der Waals surface area contributed by atoms with Crippen LogP contribution in [-0.2, 0) is 4.79 Å². The summed E-state index contributed by atoms with van der Waals surface area (Å²) >= 11 is 0. The van der Waals surface area contributed by atoms with Gasteiger partial charge in [-0.1, -0.05) is 11.2 Å². The molecule has 1 amide bonds. The molecular formula is C31H26F5N5O3. The Kier molecular flexibility index (Phi) is 7.26. The fourth-order valence-electron chi connectivity index (χ4n) is 5.78. The van der Waals surface area contributed by atoms with Crippen LogP contribution in [0.25, 0.3) is 27.8 Å². The Balaban J connectivity index is 1.59. The Bertz CT molecular complexity index is 1880. The number of hydrogen-bond donors (Lipinski definition) is 1. The molecule has 3 aromatic carbocycles. The summed E-state index contributed by atoms with van der Waals surface area (Å²) < 4.78 is 79.6. The lowest BCUT2D eigenvalue weighted by Gasteiger charge is -2.35. The van der Waals surface area contributed by atoms with Crippen LogP contribution in [0, 0.1) is 25.5 Å². The van der Waals surface area contributed by atoms with Gasteiger partial charge in [-0.3, -0.25) is 9.36 Å². The van der Waals surface area contributed by atoms with E-state index in [9.17, 15) is 26.7 Å². The smallest absolute Gasteiger partial charge is 0.403 e. The van der Waals surface area contributed by atoms with Gasteiger partial charge in [0.1, 0.15) is 11.6 Å². The van der Waals surface area contributed by atoms with Crippen molar-refractivity contribution < 1.29 is 36.0 Å². The van der Waals surface area contributed by atoms with Crippen molar-refractivity contribution in [3.8, 4) is 22.6 Å². The topological polar surface area (TPSA) is 85.4 Å². The van der Waals surface area contributed by atoms with Crippen molar-refractivity contribution in [2.24, 2.45) is 0 Å². The van der Waals surface area contributed by atoms with E-state index in [0.717, 1.165) is 23.3 Å². The molecule has 0 saturated carbocycles. The molecule has 1 saturated heterocycles. The zero-order chi connectivity index (χ0) is 31.3.